The monoisotopic (exact) mass is 489 g/mol. The number of para-hydroxylation sites is 1. The van der Waals surface area contributed by atoms with Gasteiger partial charge in [0.1, 0.15) is 5.75 Å². The van der Waals surface area contributed by atoms with E-state index in [9.17, 15) is 4.79 Å². The number of methoxy groups -OCH3 is 1. The Hall–Kier alpha value is -2.38. The molecule has 2 aromatic carbocycles. The van der Waals surface area contributed by atoms with Gasteiger partial charge >= 0.3 is 5.97 Å². The number of carbonyl (C=O) groups is 1. The highest BCUT2D eigenvalue weighted by atomic mass is 35.5. The summed E-state index contributed by atoms with van der Waals surface area (Å²) in [4.78, 5) is 10.7. The van der Waals surface area contributed by atoms with Crippen LogP contribution < -0.4 is 10.5 Å². The van der Waals surface area contributed by atoms with Crippen molar-refractivity contribution >= 4 is 17.6 Å². The molecule has 1 fully saturated rings. The predicted molar refractivity (Wildman–Crippen MR) is 135 cm³/mol. The largest absolute Gasteiger partial charge is 0.496 e. The number of nitrogens with two attached hydrogens (primary N) is 1. The zero-order chi connectivity index (χ0) is 25.1. The predicted octanol–water partition coefficient (Wildman–Crippen LogP) is 6.31. The van der Waals surface area contributed by atoms with Gasteiger partial charge in [0, 0.05) is 34.0 Å². The smallest absolute Gasteiger partial charge is 0.303 e. The van der Waals surface area contributed by atoms with Crippen LogP contribution in [0.5, 0.6) is 5.75 Å². The molecule has 0 amide bonds. The van der Waals surface area contributed by atoms with Gasteiger partial charge in [-0.2, -0.15) is 0 Å². The molecule has 3 N–H and O–H groups in total. The van der Waals surface area contributed by atoms with E-state index in [0.717, 1.165) is 16.9 Å². The van der Waals surface area contributed by atoms with E-state index < -0.39 is 12.3 Å². The molecule has 0 aromatic heterocycles. The fourth-order valence-corrected chi connectivity index (χ4v) is 3.65. The number of hydrogen-bond donors (Lipinski definition) is 2. The lowest BCUT2D eigenvalue weighted by molar-refractivity contribution is -0.244. The van der Waals surface area contributed by atoms with E-state index >= 15 is 0 Å². The molecule has 0 bridgehead atoms. The van der Waals surface area contributed by atoms with Crippen molar-refractivity contribution in [3.63, 3.8) is 0 Å². The Kier molecular flexibility index (Phi) is 11.1. The zero-order valence-electron chi connectivity index (χ0n) is 20.4. The molecule has 3 atom stereocenters. The fraction of sp³-hybridized carbons (Fsp3) is 0.444. The van der Waals surface area contributed by atoms with E-state index in [1.54, 1.807) is 7.11 Å². The molecule has 0 radical (unpaired) electrons. The molecule has 2 aromatic rings. The summed E-state index contributed by atoms with van der Waals surface area (Å²) in [6.07, 6.45) is 4.42. The Morgan fingerprint density at radius 2 is 1.76 bits per heavy atom. The van der Waals surface area contributed by atoms with E-state index in [4.69, 9.17) is 36.7 Å². The molecule has 0 aliphatic carbocycles. The van der Waals surface area contributed by atoms with Gasteiger partial charge in [-0.1, -0.05) is 60.2 Å². The molecule has 186 valence electrons. The molecule has 0 unspecified atom stereocenters. The summed E-state index contributed by atoms with van der Waals surface area (Å²) in [5.41, 5.74) is 7.11. The van der Waals surface area contributed by atoms with E-state index in [1.165, 1.54) is 0 Å². The first-order chi connectivity index (χ1) is 16.1. The van der Waals surface area contributed by atoms with Crippen molar-refractivity contribution < 1.29 is 24.1 Å². The minimum absolute atomic E-state index is 0. The minimum Gasteiger partial charge on any atom is -0.496 e. The van der Waals surface area contributed by atoms with Gasteiger partial charge in [0.2, 0.25) is 0 Å². The van der Waals surface area contributed by atoms with Gasteiger partial charge in [-0.25, -0.2) is 0 Å². The highest BCUT2D eigenvalue weighted by Crippen LogP contribution is 2.43. The SMILES string of the molecule is CC(C)(C)N.COc1ccccc1[C@H]1O[C@@H](c2ccccc2Cl)OC[C@H]1C/C=C\CCC(=O)O. The molecule has 1 aliphatic heterocycles. The van der Waals surface area contributed by atoms with E-state index in [-0.39, 0.29) is 24.0 Å². The number of ether oxygens (including phenoxy) is 3. The molecule has 3 rings (SSSR count). The minimum atomic E-state index is -0.798. The van der Waals surface area contributed by atoms with Crippen molar-refractivity contribution in [2.24, 2.45) is 11.7 Å². The average molecular weight is 490 g/mol. The second kappa shape index (κ2) is 13.5. The summed E-state index contributed by atoms with van der Waals surface area (Å²) < 4.78 is 17.9. The van der Waals surface area contributed by atoms with E-state index in [2.05, 4.69) is 0 Å². The van der Waals surface area contributed by atoms with E-state index in [0.29, 0.717) is 24.5 Å². The fourth-order valence-electron chi connectivity index (χ4n) is 3.43. The van der Waals surface area contributed by atoms with Crippen LogP contribution in [0.15, 0.2) is 60.7 Å². The van der Waals surface area contributed by atoms with Gasteiger partial charge in [0.25, 0.3) is 0 Å². The number of carboxylic acids is 1. The van der Waals surface area contributed by atoms with Gasteiger partial charge in [-0.3, -0.25) is 4.79 Å². The Morgan fingerprint density at radius 1 is 1.15 bits per heavy atom. The van der Waals surface area contributed by atoms with Crippen LogP contribution in [0.3, 0.4) is 0 Å². The van der Waals surface area contributed by atoms with Crippen LogP contribution in [-0.2, 0) is 14.3 Å². The van der Waals surface area contributed by atoms with Crippen molar-refractivity contribution in [1.82, 2.24) is 0 Å². The Bertz CT molecular complexity index is 935. The van der Waals surface area contributed by atoms with Crippen LogP contribution in [0.4, 0.5) is 0 Å². The number of carboxylic acid groups (broad SMARTS) is 1. The van der Waals surface area contributed by atoms with Crippen LogP contribution in [0, 0.1) is 5.92 Å². The topological polar surface area (TPSA) is 91.0 Å². The third-order valence-electron chi connectivity index (χ3n) is 4.90. The average Bonchev–Trinajstić information content (AvgIpc) is 2.78. The summed E-state index contributed by atoms with van der Waals surface area (Å²) in [6.45, 7) is 6.38. The molecule has 1 aliphatic rings. The second-order valence-corrected chi connectivity index (χ2v) is 9.66. The first-order valence-electron chi connectivity index (χ1n) is 11.4. The van der Waals surface area contributed by atoms with Crippen molar-refractivity contribution in [3.05, 3.63) is 76.8 Å². The number of hydrogen-bond acceptors (Lipinski definition) is 5. The first-order valence-corrected chi connectivity index (χ1v) is 11.8. The molecule has 0 saturated carbocycles. The van der Waals surface area contributed by atoms with Gasteiger partial charge in [0.15, 0.2) is 6.29 Å². The van der Waals surface area contributed by atoms with Crippen LogP contribution >= 0.6 is 11.6 Å². The van der Waals surface area contributed by atoms with Crippen molar-refractivity contribution in [2.45, 2.75) is 58.0 Å². The van der Waals surface area contributed by atoms with Gasteiger partial charge in [0.05, 0.1) is 19.8 Å². The second-order valence-electron chi connectivity index (χ2n) is 9.25. The molecule has 6 nitrogen and oxygen atoms in total. The third-order valence-corrected chi connectivity index (χ3v) is 5.24. The molecule has 1 saturated heterocycles. The summed E-state index contributed by atoms with van der Waals surface area (Å²) in [5.74, 6) is 0.0248. The number of benzene rings is 2. The Labute approximate surface area is 207 Å². The molecule has 1 heterocycles. The van der Waals surface area contributed by atoms with Crippen molar-refractivity contribution in [1.29, 1.82) is 0 Å². The van der Waals surface area contributed by atoms with Crippen LogP contribution in [0.25, 0.3) is 0 Å². The quantitative estimate of drug-likeness (QED) is 0.422. The highest BCUT2D eigenvalue weighted by Gasteiger charge is 2.35. The maximum absolute atomic E-state index is 10.7. The lowest BCUT2D eigenvalue weighted by Gasteiger charge is -2.37. The van der Waals surface area contributed by atoms with Gasteiger partial charge in [-0.15, -0.1) is 0 Å². The standard InChI is InChI=1S/C23H25ClO5.C4H11N/c1-27-20-13-8-6-11-18(20)22-16(9-3-2-4-14-21(25)26)15-28-23(29-22)17-10-5-7-12-19(17)24;1-4(2,3)5/h2-3,5-8,10-13,16,22-23H,4,9,14-15H2,1H3,(H,25,26);5H2,1-3H3/b3-2-;/t16-,22+,23+;/m1./s1. The maximum atomic E-state index is 10.7. The summed E-state index contributed by atoms with van der Waals surface area (Å²) >= 11 is 6.35. The summed E-state index contributed by atoms with van der Waals surface area (Å²) in [5, 5.41) is 9.37. The van der Waals surface area contributed by atoms with Crippen LogP contribution in [0.2, 0.25) is 5.02 Å². The first kappa shape index (κ1) is 27.9. The summed E-state index contributed by atoms with van der Waals surface area (Å²) in [6, 6.07) is 15.3. The lowest BCUT2D eigenvalue weighted by Crippen LogP contribution is -2.30. The molecular weight excluding hydrogens is 454 g/mol. The third kappa shape index (κ3) is 9.47. The number of rotatable bonds is 8. The Balaban J connectivity index is 0.000000739. The van der Waals surface area contributed by atoms with Crippen LogP contribution in [-0.4, -0.2) is 30.3 Å². The number of allylic oxidation sites excluding steroid dienone is 2. The molecule has 34 heavy (non-hydrogen) atoms. The normalized spacial score (nSPS) is 20.5. The van der Waals surface area contributed by atoms with Crippen molar-refractivity contribution in [3.8, 4) is 5.75 Å². The number of aliphatic carboxylic acids is 1. The van der Waals surface area contributed by atoms with Gasteiger partial charge in [-0.05, 0) is 45.7 Å². The highest BCUT2D eigenvalue weighted by molar-refractivity contribution is 6.31. The lowest BCUT2D eigenvalue weighted by atomic mass is 9.91. The zero-order valence-corrected chi connectivity index (χ0v) is 21.1. The Morgan fingerprint density at radius 3 is 2.38 bits per heavy atom. The van der Waals surface area contributed by atoms with Crippen LogP contribution in [0.1, 0.15) is 63.6 Å². The van der Waals surface area contributed by atoms with Crippen molar-refractivity contribution in [2.75, 3.05) is 13.7 Å². The molecular formula is C27H36ClNO5. The molecule has 0 spiro atoms. The van der Waals surface area contributed by atoms with Gasteiger partial charge < -0.3 is 25.1 Å². The van der Waals surface area contributed by atoms with E-state index in [1.807, 2.05) is 81.5 Å². The number of halogens is 1. The molecule has 7 heteroatoms. The maximum Gasteiger partial charge on any atom is 0.303 e. The summed E-state index contributed by atoms with van der Waals surface area (Å²) in [7, 11) is 1.64.